The van der Waals surface area contributed by atoms with Gasteiger partial charge in [-0.25, -0.2) is 0 Å². The maximum atomic E-state index is 13.1. The number of hydrogen-bond acceptors (Lipinski definition) is 3. The van der Waals surface area contributed by atoms with E-state index in [1.165, 1.54) is 11.1 Å². The maximum Gasteiger partial charge on any atom is 0.244 e. The second-order valence-corrected chi connectivity index (χ2v) is 10.1. The summed E-state index contributed by atoms with van der Waals surface area (Å²) in [6, 6.07) is 23.8. The van der Waals surface area contributed by atoms with Crippen LogP contribution in [-0.2, 0) is 4.79 Å². The molecular weight excluding hydrogens is 478 g/mol. The van der Waals surface area contributed by atoms with Gasteiger partial charge in [0.25, 0.3) is 0 Å². The van der Waals surface area contributed by atoms with Crippen molar-refractivity contribution < 1.29 is 4.79 Å². The monoisotopic (exact) mass is 509 g/mol. The lowest BCUT2D eigenvalue weighted by molar-refractivity contribution is -0.116. The van der Waals surface area contributed by atoms with Crippen molar-refractivity contribution in [1.29, 1.82) is 0 Å². The molecule has 5 rings (SSSR count). The van der Waals surface area contributed by atoms with Crippen molar-refractivity contribution in [1.82, 2.24) is 19.8 Å². The van der Waals surface area contributed by atoms with Crippen molar-refractivity contribution in [2.24, 2.45) is 0 Å². The predicted octanol–water partition coefficient (Wildman–Crippen LogP) is 5.72. The zero-order valence-corrected chi connectivity index (χ0v) is 22.3. The molecule has 3 heterocycles. The average Bonchev–Trinajstić information content (AvgIpc) is 3.34. The van der Waals surface area contributed by atoms with Crippen molar-refractivity contribution in [3.63, 3.8) is 0 Å². The van der Waals surface area contributed by atoms with Crippen LogP contribution in [0.2, 0.25) is 0 Å². The third-order valence-corrected chi connectivity index (χ3v) is 7.18. The van der Waals surface area contributed by atoms with Gasteiger partial charge >= 0.3 is 0 Å². The summed E-state index contributed by atoms with van der Waals surface area (Å²) in [7, 11) is 0. The Kier molecular flexibility index (Phi) is 6.80. The first-order valence-corrected chi connectivity index (χ1v) is 12.8. The van der Waals surface area contributed by atoms with E-state index in [1.807, 2.05) is 53.4 Å². The molecule has 188 valence electrons. The van der Waals surface area contributed by atoms with E-state index >= 15 is 0 Å². The Morgan fingerprint density at radius 3 is 2.35 bits per heavy atom. The molecule has 4 aromatic rings. The molecule has 0 saturated carbocycles. The molecule has 1 fully saturated rings. The minimum absolute atomic E-state index is 0.120. The molecule has 0 spiro atoms. The number of pyridine rings is 1. The summed E-state index contributed by atoms with van der Waals surface area (Å²) < 4.78 is 2.29. The Morgan fingerprint density at radius 2 is 1.68 bits per heavy atom. The summed E-state index contributed by atoms with van der Waals surface area (Å²) in [5.74, 6) is -0.120. The van der Waals surface area contributed by atoms with Gasteiger partial charge in [0.1, 0.15) is 6.54 Å². The van der Waals surface area contributed by atoms with Crippen molar-refractivity contribution in [2.45, 2.75) is 39.8 Å². The van der Waals surface area contributed by atoms with E-state index in [-0.39, 0.29) is 24.5 Å². The van der Waals surface area contributed by atoms with Gasteiger partial charge in [0, 0.05) is 29.0 Å². The van der Waals surface area contributed by atoms with Gasteiger partial charge in [-0.2, -0.15) is 0 Å². The molecule has 1 aliphatic heterocycles. The van der Waals surface area contributed by atoms with Gasteiger partial charge in [-0.15, -0.1) is 0 Å². The number of carbonyl (C=O) groups excluding carboxylic acids is 1. The van der Waals surface area contributed by atoms with Gasteiger partial charge in [-0.05, 0) is 99.1 Å². The van der Waals surface area contributed by atoms with Crippen molar-refractivity contribution in [3.8, 4) is 5.69 Å². The van der Waals surface area contributed by atoms with Crippen LogP contribution in [0.15, 0.2) is 79.0 Å². The fourth-order valence-electron chi connectivity index (χ4n) is 5.36. The number of aryl methyl sites for hydroxylation is 3. The maximum absolute atomic E-state index is 13.1. The smallest absolute Gasteiger partial charge is 0.244 e. The topological polar surface area (TPSA) is 62.2 Å². The minimum atomic E-state index is -0.199. The fraction of sp³-hybridized carbons (Fsp3) is 0.233. The summed E-state index contributed by atoms with van der Waals surface area (Å²) in [5.41, 5.74) is 8.59. The number of anilines is 1. The van der Waals surface area contributed by atoms with E-state index in [0.717, 1.165) is 34.0 Å². The molecule has 2 aromatic heterocycles. The summed E-state index contributed by atoms with van der Waals surface area (Å²) in [4.78, 5) is 19.7. The van der Waals surface area contributed by atoms with Crippen LogP contribution >= 0.6 is 12.2 Å². The molecule has 37 heavy (non-hydrogen) atoms. The highest BCUT2D eigenvalue weighted by Gasteiger charge is 2.42. The van der Waals surface area contributed by atoms with E-state index in [9.17, 15) is 4.79 Å². The number of carbonyl (C=O) groups is 1. The first-order valence-electron chi connectivity index (χ1n) is 12.4. The zero-order chi connectivity index (χ0) is 26.1. The first kappa shape index (κ1) is 24.7. The molecule has 0 bridgehead atoms. The third kappa shape index (κ3) is 5.00. The summed E-state index contributed by atoms with van der Waals surface area (Å²) in [5, 5.41) is 7.00. The normalized spacial score (nSPS) is 17.1. The van der Waals surface area contributed by atoms with E-state index < -0.39 is 0 Å². The van der Waals surface area contributed by atoms with Crippen LogP contribution in [0.4, 0.5) is 5.69 Å². The number of para-hydroxylation sites is 1. The lowest BCUT2D eigenvalue weighted by Gasteiger charge is -2.27. The highest BCUT2D eigenvalue weighted by molar-refractivity contribution is 7.80. The molecule has 0 radical (unpaired) electrons. The standard InChI is InChI=1S/C30H31N5OS/c1-19-14-20(2)16-24(15-19)35-21(3)17-25(22(35)4)29-28(26-12-8-9-13-31-26)33-30(37)34(29)18-27(36)32-23-10-6-5-7-11-23/h5-17,28-29H,18H2,1-4H3,(H,32,36)(H,33,37)/t28-,29+/m1/s1. The van der Waals surface area contributed by atoms with Gasteiger partial charge in [0.2, 0.25) is 5.91 Å². The highest BCUT2D eigenvalue weighted by atomic mass is 32.1. The second-order valence-electron chi connectivity index (χ2n) is 9.68. The quantitative estimate of drug-likeness (QED) is 0.326. The molecule has 7 heteroatoms. The number of benzene rings is 2. The lowest BCUT2D eigenvalue weighted by Crippen LogP contribution is -2.37. The summed E-state index contributed by atoms with van der Waals surface area (Å²) in [6.45, 7) is 8.63. The van der Waals surface area contributed by atoms with Crippen LogP contribution in [0.1, 0.15) is 45.9 Å². The van der Waals surface area contributed by atoms with Gasteiger partial charge in [0.15, 0.2) is 5.11 Å². The molecule has 2 aromatic carbocycles. The Bertz CT molecular complexity index is 1430. The number of nitrogens with one attached hydrogen (secondary N) is 2. The van der Waals surface area contributed by atoms with Crippen LogP contribution in [0, 0.1) is 27.7 Å². The van der Waals surface area contributed by atoms with Crippen LogP contribution in [0.25, 0.3) is 5.69 Å². The zero-order valence-electron chi connectivity index (χ0n) is 21.5. The largest absolute Gasteiger partial charge is 0.352 e. The number of aromatic nitrogens is 2. The minimum Gasteiger partial charge on any atom is -0.352 e. The molecule has 1 aliphatic rings. The Hall–Kier alpha value is -3.97. The van der Waals surface area contributed by atoms with Crippen molar-refractivity contribution >= 4 is 28.9 Å². The molecule has 0 aliphatic carbocycles. The molecule has 2 N–H and O–H groups in total. The lowest BCUT2D eigenvalue weighted by atomic mass is 9.96. The van der Waals surface area contributed by atoms with Crippen LogP contribution in [0.5, 0.6) is 0 Å². The number of hydrogen-bond donors (Lipinski definition) is 2. The number of thiocarbonyl (C=S) groups is 1. The van der Waals surface area contributed by atoms with E-state index in [0.29, 0.717) is 5.11 Å². The molecule has 1 amide bonds. The Balaban J connectivity index is 1.55. The van der Waals surface area contributed by atoms with E-state index in [4.69, 9.17) is 12.2 Å². The first-order chi connectivity index (χ1) is 17.8. The number of rotatable bonds is 6. The predicted molar refractivity (Wildman–Crippen MR) is 152 cm³/mol. The number of amides is 1. The van der Waals surface area contributed by atoms with Crippen LogP contribution in [0.3, 0.4) is 0 Å². The van der Waals surface area contributed by atoms with Gasteiger partial charge in [0.05, 0.1) is 17.8 Å². The van der Waals surface area contributed by atoms with Crippen molar-refractivity contribution in [2.75, 3.05) is 11.9 Å². The van der Waals surface area contributed by atoms with Gasteiger partial charge < -0.3 is 20.1 Å². The van der Waals surface area contributed by atoms with Gasteiger partial charge in [-0.3, -0.25) is 9.78 Å². The van der Waals surface area contributed by atoms with E-state index in [2.05, 4.69) is 72.1 Å². The molecule has 0 unspecified atom stereocenters. The molecule has 1 saturated heterocycles. The SMILES string of the molecule is Cc1cc(C)cc(-n2c(C)cc([C@H]3[C@@H](c4ccccn4)NC(=S)N3CC(=O)Nc3ccccc3)c2C)c1. The third-order valence-electron chi connectivity index (χ3n) is 6.82. The highest BCUT2D eigenvalue weighted by Crippen LogP contribution is 2.41. The number of nitrogens with zero attached hydrogens (tertiary/aromatic N) is 3. The summed E-state index contributed by atoms with van der Waals surface area (Å²) in [6.07, 6.45) is 1.79. The van der Waals surface area contributed by atoms with Crippen molar-refractivity contribution in [3.05, 3.63) is 113 Å². The van der Waals surface area contributed by atoms with Crippen LogP contribution in [-0.4, -0.2) is 32.0 Å². The second kappa shape index (κ2) is 10.2. The molecule has 6 nitrogen and oxygen atoms in total. The summed E-state index contributed by atoms with van der Waals surface area (Å²) >= 11 is 5.79. The fourth-order valence-corrected chi connectivity index (χ4v) is 5.66. The Labute approximate surface area is 223 Å². The van der Waals surface area contributed by atoms with E-state index in [1.54, 1.807) is 6.20 Å². The average molecular weight is 510 g/mol. The van der Waals surface area contributed by atoms with Crippen LogP contribution < -0.4 is 10.6 Å². The molecule has 2 atom stereocenters. The molecular formula is C30H31N5OS. The Morgan fingerprint density at radius 1 is 0.973 bits per heavy atom. The van der Waals surface area contributed by atoms with Gasteiger partial charge in [-0.1, -0.05) is 30.3 Å².